The fourth-order valence-corrected chi connectivity index (χ4v) is 4.99. The summed E-state index contributed by atoms with van der Waals surface area (Å²) in [7, 11) is 0. The van der Waals surface area contributed by atoms with Gasteiger partial charge in [0, 0.05) is 26.2 Å². The zero-order valence-corrected chi connectivity index (χ0v) is 17.5. The first-order chi connectivity index (χ1) is 14.8. The molecule has 0 radical (unpaired) electrons. The Hall–Kier alpha value is -2.47. The summed E-state index contributed by atoms with van der Waals surface area (Å²) in [6.07, 6.45) is 10.5. The lowest BCUT2D eigenvalue weighted by Crippen LogP contribution is -2.30. The molecule has 2 aliphatic rings. The molecular weight excluding hydrogens is 376 g/mol. The Morgan fingerprint density at radius 3 is 2.53 bits per heavy atom. The molecule has 2 aromatic heterocycles. The van der Waals surface area contributed by atoms with Gasteiger partial charge < -0.3 is 4.74 Å². The summed E-state index contributed by atoms with van der Waals surface area (Å²) in [6.45, 7) is 2.25. The summed E-state index contributed by atoms with van der Waals surface area (Å²) in [4.78, 5) is 18.6. The summed E-state index contributed by atoms with van der Waals surface area (Å²) in [5, 5.41) is 5.25. The van der Waals surface area contributed by atoms with Crippen molar-refractivity contribution in [1.82, 2.24) is 19.3 Å². The van der Waals surface area contributed by atoms with Crippen molar-refractivity contribution in [2.45, 2.75) is 64.0 Å². The number of fused-ring (bicyclic) bond motifs is 1. The number of ether oxygens (including phenoxy) is 1. The molecule has 6 heteroatoms. The van der Waals surface area contributed by atoms with Crippen LogP contribution in [-0.4, -0.2) is 32.5 Å². The van der Waals surface area contributed by atoms with E-state index in [1.807, 2.05) is 27.4 Å². The SMILES string of the molecule is O=c1c2cnn(C3CCOCC3)c2nc(Cc2ccccc2)n1CC1CCCCC1. The quantitative estimate of drug-likeness (QED) is 0.640. The third-order valence-corrected chi connectivity index (χ3v) is 6.70. The van der Waals surface area contributed by atoms with Gasteiger partial charge in [-0.25, -0.2) is 9.67 Å². The Labute approximate surface area is 176 Å². The molecular formula is C24H30N4O2. The van der Waals surface area contributed by atoms with Crippen molar-refractivity contribution < 1.29 is 4.74 Å². The minimum absolute atomic E-state index is 0.0646. The Balaban J connectivity index is 1.58. The van der Waals surface area contributed by atoms with Crippen LogP contribution in [-0.2, 0) is 17.7 Å². The minimum Gasteiger partial charge on any atom is -0.381 e. The number of hydrogen-bond donors (Lipinski definition) is 0. The van der Waals surface area contributed by atoms with Crippen LogP contribution in [0.4, 0.5) is 0 Å². The van der Waals surface area contributed by atoms with E-state index in [1.165, 1.54) is 37.7 Å². The van der Waals surface area contributed by atoms with E-state index in [1.54, 1.807) is 6.20 Å². The number of aromatic nitrogens is 4. The van der Waals surface area contributed by atoms with Gasteiger partial charge >= 0.3 is 0 Å². The summed E-state index contributed by atoms with van der Waals surface area (Å²) in [5.41, 5.74) is 1.98. The fourth-order valence-electron chi connectivity index (χ4n) is 4.99. The second-order valence-corrected chi connectivity index (χ2v) is 8.78. The molecule has 1 saturated heterocycles. The van der Waals surface area contributed by atoms with Crippen molar-refractivity contribution in [3.05, 3.63) is 58.3 Å². The highest BCUT2D eigenvalue weighted by Crippen LogP contribution is 2.27. The Kier molecular flexibility index (Phi) is 5.67. The average Bonchev–Trinajstić information content (AvgIpc) is 3.22. The largest absolute Gasteiger partial charge is 0.381 e. The zero-order chi connectivity index (χ0) is 20.3. The second kappa shape index (κ2) is 8.72. The molecule has 158 valence electrons. The molecule has 0 unspecified atom stereocenters. The third-order valence-electron chi connectivity index (χ3n) is 6.70. The van der Waals surface area contributed by atoms with Crippen molar-refractivity contribution in [3.8, 4) is 0 Å². The van der Waals surface area contributed by atoms with Crippen LogP contribution in [0, 0.1) is 5.92 Å². The molecule has 0 spiro atoms. The van der Waals surface area contributed by atoms with Crippen molar-refractivity contribution >= 4 is 11.0 Å². The predicted molar refractivity (Wildman–Crippen MR) is 117 cm³/mol. The molecule has 3 aromatic rings. The molecule has 0 N–H and O–H groups in total. The van der Waals surface area contributed by atoms with Gasteiger partial charge in [0.15, 0.2) is 5.65 Å². The smallest absolute Gasteiger partial charge is 0.264 e. The lowest BCUT2D eigenvalue weighted by atomic mass is 9.89. The number of rotatable bonds is 5. The van der Waals surface area contributed by atoms with E-state index in [9.17, 15) is 4.79 Å². The van der Waals surface area contributed by atoms with Crippen LogP contribution in [0.1, 0.15) is 62.4 Å². The molecule has 1 saturated carbocycles. The van der Waals surface area contributed by atoms with E-state index in [0.29, 0.717) is 17.7 Å². The van der Waals surface area contributed by atoms with Gasteiger partial charge in [0.25, 0.3) is 5.56 Å². The highest BCUT2D eigenvalue weighted by Gasteiger charge is 2.23. The maximum absolute atomic E-state index is 13.6. The van der Waals surface area contributed by atoms with Gasteiger partial charge in [-0.05, 0) is 37.2 Å². The molecule has 6 nitrogen and oxygen atoms in total. The van der Waals surface area contributed by atoms with Crippen LogP contribution in [0.25, 0.3) is 11.0 Å². The highest BCUT2D eigenvalue weighted by molar-refractivity contribution is 5.73. The van der Waals surface area contributed by atoms with E-state index >= 15 is 0 Å². The topological polar surface area (TPSA) is 61.9 Å². The minimum atomic E-state index is 0.0646. The molecule has 5 rings (SSSR count). The monoisotopic (exact) mass is 406 g/mol. The zero-order valence-electron chi connectivity index (χ0n) is 17.5. The Morgan fingerprint density at radius 1 is 1.00 bits per heavy atom. The standard InChI is InChI=1S/C24H30N4O2/c29-24-21-16-25-28(20-11-13-30-14-12-20)23(21)26-22(15-18-7-3-1-4-8-18)27(24)17-19-9-5-2-6-10-19/h1,3-4,7-8,16,19-20H,2,5-6,9-15,17H2. The second-order valence-electron chi connectivity index (χ2n) is 8.78. The van der Waals surface area contributed by atoms with Crippen molar-refractivity contribution in [2.24, 2.45) is 5.92 Å². The summed E-state index contributed by atoms with van der Waals surface area (Å²) in [5.74, 6) is 1.42. The predicted octanol–water partition coefficient (Wildman–Crippen LogP) is 4.12. The molecule has 1 aliphatic carbocycles. The van der Waals surface area contributed by atoms with Crippen LogP contribution >= 0.6 is 0 Å². The molecule has 0 amide bonds. The van der Waals surface area contributed by atoms with Crippen LogP contribution in [0.2, 0.25) is 0 Å². The third kappa shape index (κ3) is 3.93. The maximum Gasteiger partial charge on any atom is 0.264 e. The van der Waals surface area contributed by atoms with Crippen molar-refractivity contribution in [1.29, 1.82) is 0 Å². The van der Waals surface area contributed by atoms with Crippen LogP contribution in [0.15, 0.2) is 41.3 Å². The molecule has 2 fully saturated rings. The number of hydrogen-bond acceptors (Lipinski definition) is 4. The molecule has 0 atom stereocenters. The van der Waals surface area contributed by atoms with Gasteiger partial charge in [-0.15, -0.1) is 0 Å². The normalized spacial score (nSPS) is 18.8. The average molecular weight is 407 g/mol. The van der Waals surface area contributed by atoms with Gasteiger partial charge in [0.05, 0.1) is 12.2 Å². The van der Waals surface area contributed by atoms with Gasteiger partial charge in [0.1, 0.15) is 11.2 Å². The summed E-state index contributed by atoms with van der Waals surface area (Å²) >= 11 is 0. The van der Waals surface area contributed by atoms with Crippen LogP contribution < -0.4 is 5.56 Å². The molecule has 1 aliphatic heterocycles. The summed E-state index contributed by atoms with van der Waals surface area (Å²) < 4.78 is 9.43. The number of benzene rings is 1. The van der Waals surface area contributed by atoms with E-state index in [0.717, 1.165) is 44.1 Å². The molecule has 30 heavy (non-hydrogen) atoms. The van der Waals surface area contributed by atoms with Gasteiger partial charge in [0.2, 0.25) is 0 Å². The first-order valence-corrected chi connectivity index (χ1v) is 11.4. The lowest BCUT2D eigenvalue weighted by Gasteiger charge is -2.25. The first-order valence-electron chi connectivity index (χ1n) is 11.4. The lowest BCUT2D eigenvalue weighted by molar-refractivity contribution is 0.0673. The Morgan fingerprint density at radius 2 is 1.77 bits per heavy atom. The van der Waals surface area contributed by atoms with E-state index < -0.39 is 0 Å². The van der Waals surface area contributed by atoms with E-state index in [2.05, 4.69) is 17.2 Å². The van der Waals surface area contributed by atoms with Crippen molar-refractivity contribution in [3.63, 3.8) is 0 Å². The Bertz CT molecular complexity index is 1040. The fraction of sp³-hybridized carbons (Fsp3) is 0.542. The van der Waals surface area contributed by atoms with Gasteiger partial charge in [-0.1, -0.05) is 49.6 Å². The van der Waals surface area contributed by atoms with E-state index in [-0.39, 0.29) is 11.6 Å². The van der Waals surface area contributed by atoms with Gasteiger partial charge in [-0.3, -0.25) is 9.36 Å². The van der Waals surface area contributed by atoms with Crippen LogP contribution in [0.3, 0.4) is 0 Å². The number of nitrogens with zero attached hydrogens (tertiary/aromatic N) is 4. The molecule has 0 bridgehead atoms. The maximum atomic E-state index is 13.6. The van der Waals surface area contributed by atoms with Crippen molar-refractivity contribution in [2.75, 3.05) is 13.2 Å². The first kappa shape index (κ1) is 19.5. The molecule has 1 aromatic carbocycles. The highest BCUT2D eigenvalue weighted by atomic mass is 16.5. The van der Waals surface area contributed by atoms with E-state index in [4.69, 9.17) is 9.72 Å². The molecule has 3 heterocycles. The van der Waals surface area contributed by atoms with Gasteiger partial charge in [-0.2, -0.15) is 5.10 Å². The summed E-state index contributed by atoms with van der Waals surface area (Å²) in [6, 6.07) is 10.6. The van der Waals surface area contributed by atoms with Crippen LogP contribution in [0.5, 0.6) is 0 Å².